The second-order valence-electron chi connectivity index (χ2n) is 6.13. The Morgan fingerprint density at radius 2 is 2.04 bits per heavy atom. The fourth-order valence-corrected chi connectivity index (χ4v) is 3.43. The standard InChI is InChI=1S/C19H16ClN3O3/c20-16-4-2-1-3-15(16)18-12-22(9-10-26-18)19-8-5-13-11-14(23(24)25)6-7-17(13)21-19/h1-8,11,18H,9-10,12H2. The van der Waals surface area contributed by atoms with Gasteiger partial charge in [-0.25, -0.2) is 4.98 Å². The lowest BCUT2D eigenvalue weighted by Crippen LogP contribution is -2.38. The van der Waals surface area contributed by atoms with E-state index in [4.69, 9.17) is 16.3 Å². The van der Waals surface area contributed by atoms with Crippen LogP contribution in [0, 0.1) is 10.1 Å². The molecule has 26 heavy (non-hydrogen) atoms. The third-order valence-electron chi connectivity index (χ3n) is 4.51. The minimum Gasteiger partial charge on any atom is -0.370 e. The maximum absolute atomic E-state index is 10.9. The summed E-state index contributed by atoms with van der Waals surface area (Å²) in [6.07, 6.45) is -0.119. The zero-order valence-corrected chi connectivity index (χ0v) is 14.6. The summed E-state index contributed by atoms with van der Waals surface area (Å²) in [6.45, 7) is 1.96. The van der Waals surface area contributed by atoms with Crippen LogP contribution >= 0.6 is 11.6 Å². The summed E-state index contributed by atoms with van der Waals surface area (Å²) < 4.78 is 5.90. The number of hydrogen-bond donors (Lipinski definition) is 0. The van der Waals surface area contributed by atoms with Gasteiger partial charge in [0, 0.05) is 41.2 Å². The van der Waals surface area contributed by atoms with Crippen molar-refractivity contribution in [1.82, 2.24) is 4.98 Å². The van der Waals surface area contributed by atoms with Crippen LogP contribution in [0.5, 0.6) is 0 Å². The topological polar surface area (TPSA) is 68.5 Å². The van der Waals surface area contributed by atoms with Gasteiger partial charge in [-0.05, 0) is 24.3 Å². The fourth-order valence-electron chi connectivity index (χ4n) is 3.17. The van der Waals surface area contributed by atoms with Crippen LogP contribution in [0.4, 0.5) is 11.5 Å². The number of ether oxygens (including phenoxy) is 1. The average Bonchev–Trinajstić information content (AvgIpc) is 2.67. The van der Waals surface area contributed by atoms with Gasteiger partial charge in [-0.3, -0.25) is 10.1 Å². The van der Waals surface area contributed by atoms with Crippen molar-refractivity contribution in [3.05, 3.63) is 75.3 Å². The van der Waals surface area contributed by atoms with E-state index >= 15 is 0 Å². The number of morpholine rings is 1. The molecular formula is C19H16ClN3O3. The van der Waals surface area contributed by atoms with Crippen LogP contribution in [-0.2, 0) is 4.74 Å². The first-order chi connectivity index (χ1) is 12.6. The maximum Gasteiger partial charge on any atom is 0.270 e. The van der Waals surface area contributed by atoms with E-state index in [1.807, 2.05) is 36.4 Å². The van der Waals surface area contributed by atoms with Gasteiger partial charge in [-0.2, -0.15) is 0 Å². The van der Waals surface area contributed by atoms with Gasteiger partial charge in [0.15, 0.2) is 0 Å². The zero-order chi connectivity index (χ0) is 18.1. The molecule has 1 aromatic heterocycles. The first-order valence-corrected chi connectivity index (χ1v) is 8.66. The Morgan fingerprint density at radius 3 is 2.85 bits per heavy atom. The highest BCUT2D eigenvalue weighted by atomic mass is 35.5. The van der Waals surface area contributed by atoms with Crippen LogP contribution in [0.2, 0.25) is 5.02 Å². The highest BCUT2D eigenvalue weighted by Gasteiger charge is 2.24. The molecule has 1 atom stereocenters. The number of nitro benzene ring substituents is 1. The van der Waals surface area contributed by atoms with Crippen molar-refractivity contribution in [1.29, 1.82) is 0 Å². The fraction of sp³-hybridized carbons (Fsp3) is 0.211. The van der Waals surface area contributed by atoms with Crippen molar-refractivity contribution in [2.24, 2.45) is 0 Å². The van der Waals surface area contributed by atoms with Gasteiger partial charge in [0.25, 0.3) is 5.69 Å². The summed E-state index contributed by atoms with van der Waals surface area (Å²) in [7, 11) is 0. The number of nitrogens with zero attached hydrogens (tertiary/aromatic N) is 3. The minimum atomic E-state index is -0.399. The van der Waals surface area contributed by atoms with Gasteiger partial charge >= 0.3 is 0 Å². The molecule has 0 amide bonds. The van der Waals surface area contributed by atoms with E-state index in [1.54, 1.807) is 6.07 Å². The van der Waals surface area contributed by atoms with Crippen LogP contribution in [0.3, 0.4) is 0 Å². The first kappa shape index (κ1) is 16.8. The SMILES string of the molecule is O=[N+]([O-])c1ccc2nc(N3CCOC(c4ccccc4Cl)C3)ccc2c1. The average molecular weight is 370 g/mol. The Labute approximate surface area is 155 Å². The summed E-state index contributed by atoms with van der Waals surface area (Å²) in [5, 5.41) is 12.4. The molecule has 2 heterocycles. The Kier molecular flexibility index (Phi) is 4.44. The van der Waals surface area contributed by atoms with Gasteiger partial charge in [0.2, 0.25) is 0 Å². The van der Waals surface area contributed by atoms with E-state index in [2.05, 4.69) is 9.88 Å². The number of fused-ring (bicyclic) bond motifs is 1. The molecule has 3 aromatic rings. The van der Waals surface area contributed by atoms with E-state index in [0.717, 1.165) is 28.8 Å². The normalized spacial score (nSPS) is 17.4. The molecule has 0 N–H and O–H groups in total. The number of nitro groups is 1. The maximum atomic E-state index is 10.9. The Hall–Kier alpha value is -2.70. The molecule has 1 unspecified atom stereocenters. The van der Waals surface area contributed by atoms with Crippen LogP contribution in [0.15, 0.2) is 54.6 Å². The van der Waals surface area contributed by atoms with E-state index < -0.39 is 4.92 Å². The van der Waals surface area contributed by atoms with Crippen LogP contribution in [-0.4, -0.2) is 29.6 Å². The summed E-state index contributed by atoms with van der Waals surface area (Å²) in [6, 6.07) is 16.1. The molecule has 6 nitrogen and oxygen atoms in total. The minimum absolute atomic E-state index is 0.0669. The third kappa shape index (κ3) is 3.21. The van der Waals surface area contributed by atoms with Gasteiger partial charge in [0.05, 0.1) is 17.0 Å². The molecule has 2 aromatic carbocycles. The van der Waals surface area contributed by atoms with Crippen molar-refractivity contribution in [2.75, 3.05) is 24.6 Å². The largest absolute Gasteiger partial charge is 0.370 e. The molecule has 4 rings (SSSR count). The zero-order valence-electron chi connectivity index (χ0n) is 13.8. The summed E-state index contributed by atoms with van der Waals surface area (Å²) in [5.74, 6) is 0.826. The smallest absolute Gasteiger partial charge is 0.270 e. The Balaban J connectivity index is 1.61. The van der Waals surface area contributed by atoms with Crippen LogP contribution in [0.25, 0.3) is 10.9 Å². The first-order valence-electron chi connectivity index (χ1n) is 8.28. The summed E-state index contributed by atoms with van der Waals surface area (Å²) in [4.78, 5) is 17.3. The molecule has 0 radical (unpaired) electrons. The summed E-state index contributed by atoms with van der Waals surface area (Å²) >= 11 is 6.30. The number of rotatable bonds is 3. The van der Waals surface area contributed by atoms with E-state index in [-0.39, 0.29) is 11.8 Å². The number of aromatic nitrogens is 1. The molecule has 0 saturated carbocycles. The van der Waals surface area contributed by atoms with Crippen LogP contribution in [0.1, 0.15) is 11.7 Å². The number of benzene rings is 2. The van der Waals surface area contributed by atoms with E-state index in [1.165, 1.54) is 12.1 Å². The van der Waals surface area contributed by atoms with Gasteiger partial charge < -0.3 is 9.64 Å². The number of anilines is 1. The molecule has 7 heteroatoms. The van der Waals surface area contributed by atoms with Crippen LogP contribution < -0.4 is 4.90 Å². The monoisotopic (exact) mass is 369 g/mol. The predicted octanol–water partition coefficient (Wildman–Crippen LogP) is 4.37. The van der Waals surface area contributed by atoms with Crippen molar-refractivity contribution >= 4 is 34.0 Å². The Bertz CT molecular complexity index is 979. The lowest BCUT2D eigenvalue weighted by molar-refractivity contribution is -0.384. The molecule has 132 valence electrons. The molecule has 0 aliphatic carbocycles. The Morgan fingerprint density at radius 1 is 1.19 bits per heavy atom. The van der Waals surface area contributed by atoms with Crippen molar-refractivity contribution in [3.63, 3.8) is 0 Å². The number of non-ortho nitro benzene ring substituents is 1. The molecule has 1 saturated heterocycles. The molecular weight excluding hydrogens is 354 g/mol. The molecule has 1 fully saturated rings. The predicted molar refractivity (Wildman–Crippen MR) is 101 cm³/mol. The molecule has 0 spiro atoms. The van der Waals surface area contributed by atoms with E-state index in [0.29, 0.717) is 18.2 Å². The van der Waals surface area contributed by atoms with Crippen molar-refractivity contribution in [3.8, 4) is 0 Å². The second-order valence-corrected chi connectivity index (χ2v) is 6.54. The number of hydrogen-bond acceptors (Lipinski definition) is 5. The lowest BCUT2D eigenvalue weighted by atomic mass is 10.1. The summed E-state index contributed by atoms with van der Waals surface area (Å²) in [5.41, 5.74) is 1.77. The quantitative estimate of drug-likeness (QED) is 0.506. The highest BCUT2D eigenvalue weighted by Crippen LogP contribution is 2.30. The van der Waals surface area contributed by atoms with E-state index in [9.17, 15) is 10.1 Å². The molecule has 1 aliphatic heterocycles. The van der Waals surface area contributed by atoms with Gasteiger partial charge in [0.1, 0.15) is 11.9 Å². The van der Waals surface area contributed by atoms with Gasteiger partial charge in [-0.15, -0.1) is 0 Å². The molecule has 1 aliphatic rings. The number of halogens is 1. The van der Waals surface area contributed by atoms with Crippen molar-refractivity contribution in [2.45, 2.75) is 6.10 Å². The highest BCUT2D eigenvalue weighted by molar-refractivity contribution is 6.31. The van der Waals surface area contributed by atoms with Gasteiger partial charge in [-0.1, -0.05) is 29.8 Å². The second kappa shape index (κ2) is 6.90. The lowest BCUT2D eigenvalue weighted by Gasteiger charge is -2.34. The molecule has 0 bridgehead atoms. The van der Waals surface area contributed by atoms with Crippen molar-refractivity contribution < 1.29 is 9.66 Å². The number of pyridine rings is 1. The third-order valence-corrected chi connectivity index (χ3v) is 4.86.